The van der Waals surface area contributed by atoms with Crippen LogP contribution in [0.4, 0.5) is 0 Å². The van der Waals surface area contributed by atoms with Gasteiger partial charge in [0.05, 0.1) is 13.2 Å². The molecule has 2 heteroatoms. The first-order valence-electron chi connectivity index (χ1n) is 6.94. The summed E-state index contributed by atoms with van der Waals surface area (Å²) in [6.07, 6.45) is 5.52. The molecular weight excluding hydrogens is 198 g/mol. The van der Waals surface area contributed by atoms with E-state index in [0.717, 1.165) is 37.6 Å². The Morgan fingerprint density at radius 2 is 2.06 bits per heavy atom. The number of rotatable bonds is 4. The molecule has 0 radical (unpaired) electrons. The van der Waals surface area contributed by atoms with E-state index in [4.69, 9.17) is 4.74 Å². The van der Waals surface area contributed by atoms with Crippen LogP contribution in [0.25, 0.3) is 0 Å². The fourth-order valence-electron chi connectivity index (χ4n) is 3.15. The minimum Gasteiger partial charge on any atom is -0.380 e. The highest BCUT2D eigenvalue weighted by atomic mass is 16.5. The van der Waals surface area contributed by atoms with E-state index < -0.39 is 0 Å². The molecule has 2 fully saturated rings. The van der Waals surface area contributed by atoms with Crippen molar-refractivity contribution in [2.45, 2.75) is 52.5 Å². The van der Waals surface area contributed by atoms with Gasteiger partial charge in [0.1, 0.15) is 0 Å². The van der Waals surface area contributed by atoms with Gasteiger partial charge >= 0.3 is 0 Å². The Labute approximate surface area is 100 Å². The van der Waals surface area contributed by atoms with Crippen LogP contribution in [0.1, 0.15) is 46.5 Å². The smallest absolute Gasteiger partial charge is 0.0554 e. The molecule has 1 heterocycles. The van der Waals surface area contributed by atoms with Crippen molar-refractivity contribution in [3.05, 3.63) is 0 Å². The van der Waals surface area contributed by atoms with Gasteiger partial charge in [-0.2, -0.15) is 0 Å². The zero-order chi connectivity index (χ0) is 11.6. The van der Waals surface area contributed by atoms with Crippen molar-refractivity contribution >= 4 is 0 Å². The lowest BCUT2D eigenvalue weighted by Crippen LogP contribution is -2.51. The molecule has 1 saturated carbocycles. The molecule has 0 bridgehead atoms. The predicted octanol–water partition coefficient (Wildman–Crippen LogP) is 2.83. The zero-order valence-corrected chi connectivity index (χ0v) is 11.1. The Kier molecular flexibility index (Phi) is 3.91. The van der Waals surface area contributed by atoms with Crippen LogP contribution in [0.3, 0.4) is 0 Å². The van der Waals surface area contributed by atoms with Crippen LogP contribution in [0, 0.1) is 17.3 Å². The van der Waals surface area contributed by atoms with E-state index in [9.17, 15) is 0 Å². The van der Waals surface area contributed by atoms with Gasteiger partial charge in [-0.1, -0.05) is 27.2 Å². The SMILES string of the molecule is CCC1CC(C)CCC1NCC1(C)COC1. The van der Waals surface area contributed by atoms with Gasteiger partial charge in [0.2, 0.25) is 0 Å². The maximum atomic E-state index is 5.31. The van der Waals surface area contributed by atoms with Gasteiger partial charge in [-0.15, -0.1) is 0 Å². The largest absolute Gasteiger partial charge is 0.380 e. The standard InChI is InChI=1S/C14H27NO/c1-4-12-7-11(2)5-6-13(12)15-8-14(3)9-16-10-14/h11-13,15H,4-10H2,1-3H3. The molecule has 2 aliphatic rings. The Hall–Kier alpha value is -0.0800. The van der Waals surface area contributed by atoms with Crippen LogP contribution in [-0.2, 0) is 4.74 Å². The number of hydrogen-bond acceptors (Lipinski definition) is 2. The Balaban J connectivity index is 1.79. The summed E-state index contributed by atoms with van der Waals surface area (Å²) in [5.41, 5.74) is 0.418. The van der Waals surface area contributed by atoms with E-state index >= 15 is 0 Å². The molecule has 1 saturated heterocycles. The van der Waals surface area contributed by atoms with Crippen LogP contribution in [0.15, 0.2) is 0 Å². The lowest BCUT2D eigenvalue weighted by molar-refractivity contribution is -0.101. The van der Waals surface area contributed by atoms with Crippen molar-refractivity contribution in [2.24, 2.45) is 17.3 Å². The van der Waals surface area contributed by atoms with E-state index in [2.05, 4.69) is 26.1 Å². The molecule has 1 N–H and O–H groups in total. The first-order chi connectivity index (χ1) is 7.63. The third-order valence-corrected chi connectivity index (χ3v) is 4.46. The van der Waals surface area contributed by atoms with Crippen molar-refractivity contribution in [2.75, 3.05) is 19.8 Å². The summed E-state index contributed by atoms with van der Waals surface area (Å²) in [5, 5.41) is 3.81. The van der Waals surface area contributed by atoms with E-state index in [0.29, 0.717) is 5.41 Å². The highest BCUT2D eigenvalue weighted by Gasteiger charge is 2.35. The molecule has 0 spiro atoms. The molecule has 3 atom stereocenters. The summed E-state index contributed by atoms with van der Waals surface area (Å²) in [6, 6.07) is 0.763. The molecule has 2 rings (SSSR count). The van der Waals surface area contributed by atoms with E-state index in [1.807, 2.05) is 0 Å². The number of hydrogen-bond donors (Lipinski definition) is 1. The van der Waals surface area contributed by atoms with Gasteiger partial charge in [-0.05, 0) is 31.1 Å². The first kappa shape index (κ1) is 12.4. The Morgan fingerprint density at radius 3 is 2.62 bits per heavy atom. The molecule has 1 aliphatic carbocycles. The van der Waals surface area contributed by atoms with Crippen LogP contribution in [0.2, 0.25) is 0 Å². The van der Waals surface area contributed by atoms with Crippen molar-refractivity contribution in [3.8, 4) is 0 Å². The third-order valence-electron chi connectivity index (χ3n) is 4.46. The van der Waals surface area contributed by atoms with Gasteiger partial charge in [-0.3, -0.25) is 0 Å². The van der Waals surface area contributed by atoms with Crippen LogP contribution >= 0.6 is 0 Å². The molecule has 1 aliphatic heterocycles. The molecule has 3 unspecified atom stereocenters. The topological polar surface area (TPSA) is 21.3 Å². The number of ether oxygens (including phenoxy) is 1. The van der Waals surface area contributed by atoms with Crippen LogP contribution in [0.5, 0.6) is 0 Å². The normalized spacial score (nSPS) is 38.1. The second-order valence-corrected chi connectivity index (χ2v) is 6.38. The first-order valence-corrected chi connectivity index (χ1v) is 6.94. The summed E-state index contributed by atoms with van der Waals surface area (Å²) in [7, 11) is 0. The second-order valence-electron chi connectivity index (χ2n) is 6.38. The van der Waals surface area contributed by atoms with E-state index in [1.54, 1.807) is 0 Å². The maximum absolute atomic E-state index is 5.31. The molecule has 0 aromatic rings. The predicted molar refractivity (Wildman–Crippen MR) is 67.5 cm³/mol. The lowest BCUT2D eigenvalue weighted by Gasteiger charge is -2.42. The minimum absolute atomic E-state index is 0.418. The lowest BCUT2D eigenvalue weighted by atomic mass is 9.77. The van der Waals surface area contributed by atoms with Crippen molar-refractivity contribution in [3.63, 3.8) is 0 Å². The van der Waals surface area contributed by atoms with Gasteiger partial charge in [0.15, 0.2) is 0 Å². The highest BCUT2D eigenvalue weighted by Crippen LogP contribution is 2.32. The summed E-state index contributed by atoms with van der Waals surface area (Å²) in [6.45, 7) is 10.1. The fraction of sp³-hybridized carbons (Fsp3) is 1.00. The molecular formula is C14H27NO. The van der Waals surface area contributed by atoms with Crippen molar-refractivity contribution in [1.82, 2.24) is 5.32 Å². The summed E-state index contributed by atoms with van der Waals surface area (Å²) < 4.78 is 5.31. The zero-order valence-electron chi connectivity index (χ0n) is 11.1. The van der Waals surface area contributed by atoms with Crippen LogP contribution in [-0.4, -0.2) is 25.8 Å². The van der Waals surface area contributed by atoms with Gasteiger partial charge < -0.3 is 10.1 Å². The van der Waals surface area contributed by atoms with Gasteiger partial charge in [0.25, 0.3) is 0 Å². The average molecular weight is 225 g/mol. The molecule has 94 valence electrons. The number of nitrogens with one attached hydrogen (secondary N) is 1. The average Bonchev–Trinajstić information content (AvgIpc) is 2.24. The van der Waals surface area contributed by atoms with Gasteiger partial charge in [-0.25, -0.2) is 0 Å². The quantitative estimate of drug-likeness (QED) is 0.794. The fourth-order valence-corrected chi connectivity index (χ4v) is 3.15. The van der Waals surface area contributed by atoms with E-state index in [-0.39, 0.29) is 0 Å². The molecule has 0 aromatic heterocycles. The monoisotopic (exact) mass is 225 g/mol. The highest BCUT2D eigenvalue weighted by molar-refractivity contribution is 4.88. The second kappa shape index (κ2) is 5.05. The van der Waals surface area contributed by atoms with Crippen LogP contribution < -0.4 is 5.32 Å². The summed E-state index contributed by atoms with van der Waals surface area (Å²) >= 11 is 0. The molecule has 2 nitrogen and oxygen atoms in total. The minimum atomic E-state index is 0.418. The maximum Gasteiger partial charge on any atom is 0.0554 e. The molecule has 16 heavy (non-hydrogen) atoms. The summed E-state index contributed by atoms with van der Waals surface area (Å²) in [4.78, 5) is 0. The molecule has 0 aromatic carbocycles. The summed E-state index contributed by atoms with van der Waals surface area (Å²) in [5.74, 6) is 1.83. The van der Waals surface area contributed by atoms with E-state index in [1.165, 1.54) is 25.7 Å². The third kappa shape index (κ3) is 2.78. The molecule has 0 amide bonds. The van der Waals surface area contributed by atoms with Gasteiger partial charge in [0, 0.05) is 18.0 Å². The Morgan fingerprint density at radius 1 is 1.31 bits per heavy atom. The van der Waals surface area contributed by atoms with Crippen molar-refractivity contribution in [1.29, 1.82) is 0 Å². The Bertz CT molecular complexity index is 225. The van der Waals surface area contributed by atoms with Crippen molar-refractivity contribution < 1.29 is 4.74 Å².